The zero-order valence-corrected chi connectivity index (χ0v) is 29.9. The van der Waals surface area contributed by atoms with E-state index in [9.17, 15) is 0 Å². The van der Waals surface area contributed by atoms with E-state index in [4.69, 9.17) is 0 Å². The molecule has 148 valence electrons. The minimum Gasteiger partial charge on any atom is -0.126 e. The molecule has 0 unspecified atom stereocenters. The Kier molecular flexibility index (Phi) is 13.5. The van der Waals surface area contributed by atoms with Crippen LogP contribution in [0.2, 0.25) is 0 Å². The second-order valence-corrected chi connectivity index (χ2v) is 7.64. The molecule has 4 radical (unpaired) electrons. The van der Waals surface area contributed by atoms with E-state index in [1.807, 2.05) is 0 Å². The molecule has 0 fully saturated rings. The number of hydrogen-bond donors (Lipinski definition) is 0. The second-order valence-electron chi connectivity index (χ2n) is 7.64. The molecule has 0 aromatic heterocycles. The fourth-order valence-corrected chi connectivity index (χ4v) is 4.15. The summed E-state index contributed by atoms with van der Waals surface area (Å²) >= 11 is 0. The van der Waals surface area contributed by atoms with Crippen LogP contribution in [-0.2, 0) is 131 Å². The summed E-state index contributed by atoms with van der Waals surface area (Å²) < 4.78 is 0. The first-order valence-electron chi connectivity index (χ1n) is 9.79. The summed E-state index contributed by atoms with van der Waals surface area (Å²) in [4.78, 5) is 0. The zero-order valence-electron chi connectivity index (χ0n) is 18.5. The van der Waals surface area contributed by atoms with Crippen LogP contribution in [0.5, 0.6) is 0 Å². The number of hydrogen-bond acceptors (Lipinski definition) is 0. The summed E-state index contributed by atoms with van der Waals surface area (Å²) in [5, 5.41) is 10.9. The molecule has 0 N–H and O–H groups in total. The Morgan fingerprint density at radius 1 is 0.406 bits per heavy atom. The average Bonchev–Trinajstić information content (AvgIpc) is 3.25. The van der Waals surface area contributed by atoms with E-state index in [1.165, 1.54) is 54.2 Å². The molecule has 6 rings (SSSR count). The van der Waals surface area contributed by atoms with Gasteiger partial charge in [-0.2, -0.15) is 0 Å². The van der Waals surface area contributed by atoms with Gasteiger partial charge in [-0.05, 0) is 13.8 Å². The van der Waals surface area contributed by atoms with Crippen LogP contribution in [0, 0.1) is 13.8 Å². The molecule has 0 saturated heterocycles. The molecule has 0 atom stereocenters. The van der Waals surface area contributed by atoms with Gasteiger partial charge in [-0.25, -0.2) is 0 Å². The predicted octanol–water partition coefficient (Wildman–Crippen LogP) is 8.03. The summed E-state index contributed by atoms with van der Waals surface area (Å²) in [6.45, 7) is 4.28. The van der Waals surface area contributed by atoms with Gasteiger partial charge in [0.1, 0.15) is 0 Å². The van der Waals surface area contributed by atoms with E-state index in [0.29, 0.717) is 0 Å². The van der Waals surface area contributed by atoms with Gasteiger partial charge in [0, 0.05) is 131 Å². The first-order chi connectivity index (χ1) is 13.7. The van der Waals surface area contributed by atoms with E-state index in [1.54, 1.807) is 0 Å². The van der Waals surface area contributed by atoms with E-state index in [0.717, 1.165) is 0 Å². The molecule has 0 nitrogen and oxygen atoms in total. The van der Waals surface area contributed by atoms with Crippen molar-refractivity contribution in [2.24, 2.45) is 0 Å². The maximum absolute atomic E-state index is 2.26. The van der Waals surface area contributed by atoms with Gasteiger partial charge in [-0.3, -0.25) is 0 Å². The Hall–Kier alpha value is 1.04. The second kappa shape index (κ2) is 13.9. The Labute approximate surface area is 290 Å². The zero-order chi connectivity index (χ0) is 19.1. The van der Waals surface area contributed by atoms with Gasteiger partial charge >= 0.3 is 0 Å². The molecular formula is C28H22Y4-2. The summed E-state index contributed by atoms with van der Waals surface area (Å²) in [6, 6.07) is 34.9. The van der Waals surface area contributed by atoms with Gasteiger partial charge in [0.25, 0.3) is 0 Å². The van der Waals surface area contributed by atoms with Gasteiger partial charge in [-0.15, -0.1) is 79.5 Å². The monoisotopic (exact) mass is 714 g/mol. The summed E-state index contributed by atoms with van der Waals surface area (Å²) in [5.41, 5.74) is 2.65. The molecule has 0 spiro atoms. The minimum absolute atomic E-state index is 0. The normalized spacial score (nSPS) is 9.81. The van der Waals surface area contributed by atoms with E-state index >= 15 is 0 Å². The van der Waals surface area contributed by atoms with Gasteiger partial charge in [0.15, 0.2) is 0 Å². The molecule has 0 aliphatic carbocycles. The largest absolute Gasteiger partial charge is 0.126 e. The van der Waals surface area contributed by atoms with Crippen molar-refractivity contribution in [2.75, 3.05) is 0 Å². The van der Waals surface area contributed by atoms with Gasteiger partial charge in [0.05, 0.1) is 0 Å². The van der Waals surface area contributed by atoms with E-state index < -0.39 is 0 Å². The van der Waals surface area contributed by atoms with Crippen molar-refractivity contribution in [3.05, 3.63) is 108 Å². The van der Waals surface area contributed by atoms with Crippen LogP contribution in [-0.4, -0.2) is 0 Å². The van der Waals surface area contributed by atoms with Crippen molar-refractivity contribution in [3.8, 4) is 0 Å². The van der Waals surface area contributed by atoms with Crippen LogP contribution in [0.3, 0.4) is 0 Å². The van der Waals surface area contributed by atoms with Crippen molar-refractivity contribution in [2.45, 2.75) is 13.8 Å². The Morgan fingerprint density at radius 2 is 0.844 bits per heavy atom. The van der Waals surface area contributed by atoms with Crippen LogP contribution in [0.15, 0.2) is 97.1 Å². The van der Waals surface area contributed by atoms with Crippen LogP contribution in [0.1, 0.15) is 11.1 Å². The smallest absolute Gasteiger partial charge is 0 e. The van der Waals surface area contributed by atoms with Crippen molar-refractivity contribution in [3.63, 3.8) is 0 Å². The predicted molar refractivity (Wildman–Crippen MR) is 124 cm³/mol. The number of aryl methyl sites for hydroxylation is 2. The molecule has 32 heavy (non-hydrogen) atoms. The maximum Gasteiger partial charge on any atom is 0 e. The van der Waals surface area contributed by atoms with Crippen molar-refractivity contribution in [1.29, 1.82) is 0 Å². The van der Waals surface area contributed by atoms with Gasteiger partial charge in [-0.1, -0.05) is 71.8 Å². The quantitative estimate of drug-likeness (QED) is 0.140. The molecule has 0 bridgehead atoms. The molecule has 0 saturated carbocycles. The SMILES string of the molecule is Cc1ccc2[cH-]c3ccccc3c2c1.Cc1ccc2c(c1)[cH-]c1ccccc12.[Y].[Y].[Y].[Y]. The molecule has 0 amide bonds. The summed E-state index contributed by atoms with van der Waals surface area (Å²) in [6.07, 6.45) is 0. The number of fused-ring (bicyclic) bond motifs is 6. The summed E-state index contributed by atoms with van der Waals surface area (Å²) in [5.74, 6) is 0. The topological polar surface area (TPSA) is 0 Å². The van der Waals surface area contributed by atoms with Crippen molar-refractivity contribution in [1.82, 2.24) is 0 Å². The van der Waals surface area contributed by atoms with Crippen LogP contribution >= 0.6 is 0 Å². The van der Waals surface area contributed by atoms with Gasteiger partial charge in [0.2, 0.25) is 0 Å². The molecule has 4 heteroatoms. The van der Waals surface area contributed by atoms with E-state index in [2.05, 4.69) is 111 Å². The fraction of sp³-hybridized carbons (Fsp3) is 0.0714. The van der Waals surface area contributed by atoms with Crippen molar-refractivity contribution < 1.29 is 131 Å². The number of benzene rings is 4. The van der Waals surface area contributed by atoms with Crippen LogP contribution < -0.4 is 0 Å². The minimum atomic E-state index is 0. The third-order valence-electron chi connectivity index (χ3n) is 5.54. The Bertz CT molecular complexity index is 1430. The summed E-state index contributed by atoms with van der Waals surface area (Å²) in [7, 11) is 0. The number of rotatable bonds is 0. The van der Waals surface area contributed by atoms with Crippen LogP contribution in [0.4, 0.5) is 0 Å². The third kappa shape index (κ3) is 6.62. The van der Waals surface area contributed by atoms with Crippen molar-refractivity contribution >= 4 is 43.1 Å². The molecule has 0 heterocycles. The molecule has 6 aromatic carbocycles. The third-order valence-corrected chi connectivity index (χ3v) is 5.54. The standard InChI is InChI=1S/2C14H11.4Y/c1-10-6-7-14-12(8-10)9-11-4-2-3-5-13(11)14;1-10-6-7-12-9-11-4-2-3-5-13(11)14(12)8-10;;;;/h2*2-9H,1H3;;;;/q2*-1;;;;. The first kappa shape index (κ1) is 31.1. The Balaban J connectivity index is 0.000000284. The molecule has 0 aliphatic rings. The van der Waals surface area contributed by atoms with E-state index in [-0.39, 0.29) is 131 Å². The Morgan fingerprint density at radius 3 is 1.50 bits per heavy atom. The first-order valence-corrected chi connectivity index (χ1v) is 9.79. The van der Waals surface area contributed by atoms with Gasteiger partial charge < -0.3 is 0 Å². The molecular weight excluding hydrogens is 692 g/mol. The molecule has 0 aliphatic heterocycles. The fourth-order valence-electron chi connectivity index (χ4n) is 4.15. The average molecular weight is 714 g/mol. The molecule has 6 aromatic rings. The van der Waals surface area contributed by atoms with Crippen LogP contribution in [0.25, 0.3) is 43.1 Å². The maximum atomic E-state index is 2.26.